The molecule has 39 heavy (non-hydrogen) atoms. The third-order valence-corrected chi connectivity index (χ3v) is 7.66. The topological polar surface area (TPSA) is 105 Å². The predicted molar refractivity (Wildman–Crippen MR) is 143 cm³/mol. The van der Waals surface area contributed by atoms with Crippen LogP contribution in [0.3, 0.4) is 0 Å². The van der Waals surface area contributed by atoms with E-state index in [-0.39, 0.29) is 24.7 Å². The molecule has 0 saturated carbocycles. The van der Waals surface area contributed by atoms with Crippen molar-refractivity contribution in [3.05, 3.63) is 30.7 Å². The Balaban J connectivity index is 1.27. The highest BCUT2D eigenvalue weighted by atomic mass is 19.1. The van der Waals surface area contributed by atoms with E-state index in [4.69, 9.17) is 14.6 Å². The molecule has 3 saturated heterocycles. The van der Waals surface area contributed by atoms with Crippen molar-refractivity contribution in [2.24, 2.45) is 0 Å². The van der Waals surface area contributed by atoms with E-state index in [1.54, 1.807) is 11.1 Å². The summed E-state index contributed by atoms with van der Waals surface area (Å²) >= 11 is 0. The molecule has 0 aliphatic carbocycles. The molecule has 212 valence electrons. The van der Waals surface area contributed by atoms with Crippen molar-refractivity contribution in [2.75, 3.05) is 44.2 Å². The van der Waals surface area contributed by atoms with Crippen LogP contribution in [0.5, 0.6) is 5.88 Å². The van der Waals surface area contributed by atoms with Crippen molar-refractivity contribution in [1.29, 1.82) is 0 Å². The fraction of sp³-hybridized carbons (Fsp3) is 0.630. The number of hydrogen-bond acceptors (Lipinski definition) is 8. The van der Waals surface area contributed by atoms with Gasteiger partial charge in [-0.05, 0) is 52.1 Å². The van der Waals surface area contributed by atoms with Gasteiger partial charge in [0.05, 0.1) is 6.54 Å². The van der Waals surface area contributed by atoms with E-state index in [2.05, 4.69) is 35.6 Å². The van der Waals surface area contributed by atoms with Gasteiger partial charge in [-0.15, -0.1) is 5.10 Å². The number of amides is 2. The average molecular weight is 544 g/mol. The van der Waals surface area contributed by atoms with Crippen LogP contribution in [0.2, 0.25) is 0 Å². The minimum atomic E-state index is -0.998. The highest BCUT2D eigenvalue weighted by Crippen LogP contribution is 2.28. The Kier molecular flexibility index (Phi) is 8.20. The number of ether oxygens (including phenoxy) is 2. The molecule has 3 atom stereocenters. The van der Waals surface area contributed by atoms with Crippen LogP contribution in [0.1, 0.15) is 46.0 Å². The van der Waals surface area contributed by atoms with E-state index in [0.717, 1.165) is 44.6 Å². The number of halogens is 1. The predicted octanol–water partition coefficient (Wildman–Crippen LogP) is 2.76. The van der Waals surface area contributed by atoms with Gasteiger partial charge in [-0.1, -0.05) is 6.58 Å². The van der Waals surface area contributed by atoms with E-state index in [0.29, 0.717) is 37.6 Å². The van der Waals surface area contributed by atoms with Crippen LogP contribution < -0.4 is 15.0 Å². The fourth-order valence-electron chi connectivity index (χ4n) is 5.82. The maximum atomic E-state index is 13.2. The lowest BCUT2D eigenvalue weighted by molar-refractivity contribution is -0.128. The molecule has 0 spiro atoms. The second kappa shape index (κ2) is 11.8. The molecule has 0 radical (unpaired) electrons. The number of anilines is 1. The van der Waals surface area contributed by atoms with Crippen molar-refractivity contribution < 1.29 is 23.5 Å². The van der Waals surface area contributed by atoms with Gasteiger partial charge in [0, 0.05) is 56.9 Å². The van der Waals surface area contributed by atoms with E-state index in [9.17, 15) is 14.0 Å². The molecule has 12 heteroatoms. The normalized spacial score (nSPS) is 23.7. The molecule has 1 N–H and O–H groups in total. The van der Waals surface area contributed by atoms with Gasteiger partial charge in [0.15, 0.2) is 11.5 Å². The first-order chi connectivity index (χ1) is 18.8. The largest absolute Gasteiger partial charge is 0.472 e. The molecule has 2 aromatic heterocycles. The highest BCUT2D eigenvalue weighted by Gasteiger charge is 2.35. The van der Waals surface area contributed by atoms with Crippen LogP contribution in [-0.4, -0.2) is 100.0 Å². The molecule has 2 unspecified atom stereocenters. The Labute approximate surface area is 227 Å². The number of fused-ring (bicyclic) bond motifs is 1. The summed E-state index contributed by atoms with van der Waals surface area (Å²) in [5.74, 6) is -0.294. The number of likely N-dealkylation sites (tertiary alicyclic amines) is 2. The highest BCUT2D eigenvalue weighted by molar-refractivity contribution is 5.90. The zero-order valence-electron chi connectivity index (χ0n) is 22.7. The second-order valence-electron chi connectivity index (χ2n) is 10.8. The molecule has 3 aliphatic rings. The van der Waals surface area contributed by atoms with Gasteiger partial charge >= 0.3 is 6.09 Å². The van der Waals surface area contributed by atoms with Gasteiger partial charge in [-0.2, -0.15) is 4.52 Å². The number of carbonyl (C=O) groups excluding carboxylic acids is 2. The van der Waals surface area contributed by atoms with Crippen molar-refractivity contribution in [2.45, 2.75) is 70.2 Å². The van der Waals surface area contributed by atoms with Gasteiger partial charge in [0.25, 0.3) is 5.91 Å². The van der Waals surface area contributed by atoms with Crippen molar-refractivity contribution in [3.8, 4) is 5.88 Å². The van der Waals surface area contributed by atoms with E-state index < -0.39 is 23.9 Å². The van der Waals surface area contributed by atoms with E-state index in [1.807, 2.05) is 16.6 Å². The quantitative estimate of drug-likeness (QED) is 0.532. The number of carbonyl (C=O) groups is 2. The summed E-state index contributed by atoms with van der Waals surface area (Å²) in [4.78, 5) is 34.8. The lowest BCUT2D eigenvalue weighted by Gasteiger charge is -2.42. The first-order valence-electron chi connectivity index (χ1n) is 13.9. The molecular formula is C27H38FN7O4. The average Bonchev–Trinajstić information content (AvgIpc) is 3.56. The Morgan fingerprint density at radius 2 is 2.00 bits per heavy atom. The molecule has 0 bridgehead atoms. The van der Waals surface area contributed by atoms with Crippen LogP contribution in [0.15, 0.2) is 30.7 Å². The lowest BCUT2D eigenvalue weighted by Crippen LogP contribution is -2.53. The zero-order valence-corrected chi connectivity index (χ0v) is 22.7. The molecule has 5 rings (SSSR count). The molecule has 2 aromatic rings. The molecule has 11 nitrogen and oxygen atoms in total. The van der Waals surface area contributed by atoms with E-state index in [1.165, 1.54) is 4.90 Å². The van der Waals surface area contributed by atoms with Crippen LogP contribution in [0.4, 0.5) is 15.0 Å². The first-order valence-corrected chi connectivity index (χ1v) is 13.9. The Bertz CT molecular complexity index is 1200. The van der Waals surface area contributed by atoms with E-state index >= 15 is 0 Å². The fourth-order valence-corrected chi connectivity index (χ4v) is 5.82. The minimum Gasteiger partial charge on any atom is -0.472 e. The summed E-state index contributed by atoms with van der Waals surface area (Å²) in [5, 5.41) is 8.12. The third kappa shape index (κ3) is 6.10. The molecule has 3 fully saturated rings. The summed E-state index contributed by atoms with van der Waals surface area (Å²) in [6.45, 7) is 10.8. The summed E-state index contributed by atoms with van der Waals surface area (Å²) in [5.41, 5.74) is 0.709. The monoisotopic (exact) mass is 543 g/mol. The van der Waals surface area contributed by atoms with Crippen LogP contribution in [0, 0.1) is 0 Å². The molecule has 2 amide bonds. The maximum Gasteiger partial charge on any atom is 0.410 e. The molecule has 0 aromatic carbocycles. The van der Waals surface area contributed by atoms with Gasteiger partial charge in [-0.3, -0.25) is 4.79 Å². The number of rotatable bonds is 7. The first kappa shape index (κ1) is 27.2. The van der Waals surface area contributed by atoms with Gasteiger partial charge < -0.3 is 29.5 Å². The van der Waals surface area contributed by atoms with Gasteiger partial charge in [0.1, 0.15) is 18.0 Å². The SMILES string of the molecule is C=C(F)C(=O)N1CCC(OC(=O)N2CCCC(N(c3ccnc4cc(O[C@@H]5CCCNC5)nn34)C(C)C)C2)C1. The Morgan fingerprint density at radius 1 is 1.15 bits per heavy atom. The summed E-state index contributed by atoms with van der Waals surface area (Å²) in [6, 6.07) is 4.00. The van der Waals surface area contributed by atoms with Crippen molar-refractivity contribution >= 4 is 23.5 Å². The maximum absolute atomic E-state index is 13.2. The van der Waals surface area contributed by atoms with Crippen LogP contribution in [0.25, 0.3) is 5.65 Å². The zero-order chi connectivity index (χ0) is 27.5. The molecule has 3 aliphatic heterocycles. The Morgan fingerprint density at radius 3 is 2.74 bits per heavy atom. The van der Waals surface area contributed by atoms with Crippen LogP contribution >= 0.6 is 0 Å². The lowest BCUT2D eigenvalue weighted by atomic mass is 10.0. The summed E-state index contributed by atoms with van der Waals surface area (Å²) in [7, 11) is 0. The van der Waals surface area contributed by atoms with Gasteiger partial charge in [0.2, 0.25) is 5.88 Å². The number of aromatic nitrogens is 3. The van der Waals surface area contributed by atoms with Crippen molar-refractivity contribution in [1.82, 2.24) is 29.7 Å². The summed E-state index contributed by atoms with van der Waals surface area (Å²) in [6.07, 6.45) is 5.30. The molecule has 5 heterocycles. The third-order valence-electron chi connectivity index (χ3n) is 7.66. The van der Waals surface area contributed by atoms with Crippen molar-refractivity contribution in [3.63, 3.8) is 0 Å². The van der Waals surface area contributed by atoms with Crippen LogP contribution in [-0.2, 0) is 9.53 Å². The number of piperidine rings is 2. The number of nitrogens with zero attached hydrogens (tertiary/aromatic N) is 6. The minimum absolute atomic E-state index is 0.0459. The summed E-state index contributed by atoms with van der Waals surface area (Å²) < 4.78 is 26.9. The standard InChI is InChI=1S/C27H38FN7O4/c1-18(2)34(25-8-11-30-23-14-24(31-35(23)25)38-21-7-4-10-29-15-21)20-6-5-12-33(16-20)27(37)39-22-9-13-32(17-22)26(36)19(3)28/h8,11,14,18,20-22,29H,3-7,9-10,12-13,15-17H2,1-2H3/t20?,21-,22?/m1/s1. The van der Waals surface area contributed by atoms with Gasteiger partial charge in [-0.25, -0.2) is 14.2 Å². The smallest absolute Gasteiger partial charge is 0.410 e. The molecular weight excluding hydrogens is 505 g/mol. The second-order valence-corrected chi connectivity index (χ2v) is 10.8. The number of nitrogens with one attached hydrogen (secondary N) is 1. The number of hydrogen-bond donors (Lipinski definition) is 1. The Hall–Kier alpha value is -3.41.